The number of carbonyl (C=O) groups excluding carboxylic acids is 5. The SMILES string of the molecule is C=C(CC1C(=O)CC(C)(C)C(CC(=C)C(=O)OC(C)(C)C)(C(=O)OCC)C1=O)C(=O)OC(C)(C)C. The summed E-state index contributed by atoms with van der Waals surface area (Å²) in [6, 6.07) is 0. The van der Waals surface area contributed by atoms with Gasteiger partial charge in [-0.05, 0) is 60.3 Å². The number of carbonyl (C=O) groups is 5. The van der Waals surface area contributed by atoms with Crippen LogP contribution in [0.4, 0.5) is 0 Å². The summed E-state index contributed by atoms with van der Waals surface area (Å²) in [5, 5.41) is 0. The van der Waals surface area contributed by atoms with Crippen molar-refractivity contribution in [3.05, 3.63) is 24.3 Å². The van der Waals surface area contributed by atoms with Crippen molar-refractivity contribution in [1.82, 2.24) is 0 Å². The van der Waals surface area contributed by atoms with E-state index in [-0.39, 0.29) is 37.0 Å². The fourth-order valence-corrected chi connectivity index (χ4v) is 4.15. The molecule has 0 saturated heterocycles. The summed E-state index contributed by atoms with van der Waals surface area (Å²) in [6.45, 7) is 22.4. The third-order valence-electron chi connectivity index (χ3n) is 5.83. The maximum Gasteiger partial charge on any atom is 0.333 e. The Balaban J connectivity index is 3.47. The molecule has 0 amide bonds. The van der Waals surface area contributed by atoms with Gasteiger partial charge in [0, 0.05) is 24.0 Å². The molecule has 35 heavy (non-hydrogen) atoms. The number of ketones is 2. The largest absolute Gasteiger partial charge is 0.465 e. The second kappa shape index (κ2) is 10.5. The van der Waals surface area contributed by atoms with Crippen LogP contribution in [0.5, 0.6) is 0 Å². The quantitative estimate of drug-likeness (QED) is 0.213. The molecule has 0 N–H and O–H groups in total. The summed E-state index contributed by atoms with van der Waals surface area (Å²) in [7, 11) is 0. The highest BCUT2D eigenvalue weighted by molar-refractivity contribution is 6.17. The second-order valence-electron chi connectivity index (χ2n) is 11.7. The van der Waals surface area contributed by atoms with E-state index in [4.69, 9.17) is 14.2 Å². The van der Waals surface area contributed by atoms with Crippen LogP contribution in [-0.4, -0.2) is 47.3 Å². The van der Waals surface area contributed by atoms with E-state index >= 15 is 0 Å². The van der Waals surface area contributed by atoms with E-state index in [0.717, 1.165) is 0 Å². The van der Waals surface area contributed by atoms with Gasteiger partial charge in [0.1, 0.15) is 22.4 Å². The number of hydrogen-bond acceptors (Lipinski definition) is 8. The van der Waals surface area contributed by atoms with E-state index in [1.165, 1.54) is 0 Å². The topological polar surface area (TPSA) is 113 Å². The van der Waals surface area contributed by atoms with Crippen LogP contribution < -0.4 is 0 Å². The summed E-state index contributed by atoms with van der Waals surface area (Å²) in [5.41, 5.74) is -4.83. The van der Waals surface area contributed by atoms with Crippen LogP contribution in [0.2, 0.25) is 0 Å². The molecule has 8 nitrogen and oxygen atoms in total. The predicted octanol–water partition coefficient (Wildman–Crippen LogP) is 4.30. The summed E-state index contributed by atoms with van der Waals surface area (Å²) >= 11 is 0. The van der Waals surface area contributed by atoms with Crippen LogP contribution >= 0.6 is 0 Å². The molecule has 1 saturated carbocycles. The van der Waals surface area contributed by atoms with E-state index in [1.807, 2.05) is 0 Å². The molecule has 0 bridgehead atoms. The van der Waals surface area contributed by atoms with Crippen LogP contribution in [0.3, 0.4) is 0 Å². The Kier molecular flexibility index (Phi) is 9.05. The first-order chi connectivity index (χ1) is 15.7. The van der Waals surface area contributed by atoms with Gasteiger partial charge in [-0.3, -0.25) is 14.4 Å². The molecule has 0 heterocycles. The van der Waals surface area contributed by atoms with E-state index in [9.17, 15) is 24.0 Å². The smallest absolute Gasteiger partial charge is 0.333 e. The summed E-state index contributed by atoms with van der Waals surface area (Å²) in [5.74, 6) is -4.81. The van der Waals surface area contributed by atoms with Crippen molar-refractivity contribution in [2.75, 3.05) is 6.61 Å². The fraction of sp³-hybridized carbons (Fsp3) is 0.667. The minimum atomic E-state index is -1.89. The van der Waals surface area contributed by atoms with Gasteiger partial charge in [-0.15, -0.1) is 0 Å². The first-order valence-electron chi connectivity index (χ1n) is 11.7. The Bertz CT molecular complexity index is 926. The molecular weight excluding hydrogens is 452 g/mol. The first-order valence-corrected chi connectivity index (χ1v) is 11.7. The number of Topliss-reactive ketones (excluding diaryl/α,β-unsaturated/α-hetero) is 2. The highest BCUT2D eigenvalue weighted by Gasteiger charge is 2.64. The van der Waals surface area contributed by atoms with E-state index in [1.54, 1.807) is 62.3 Å². The average molecular weight is 493 g/mol. The van der Waals surface area contributed by atoms with Crippen molar-refractivity contribution >= 4 is 29.5 Å². The first kappa shape index (κ1) is 30.3. The predicted molar refractivity (Wildman–Crippen MR) is 130 cm³/mol. The molecule has 0 aliphatic heterocycles. The molecule has 0 aromatic rings. The van der Waals surface area contributed by atoms with Gasteiger partial charge in [0.2, 0.25) is 0 Å². The van der Waals surface area contributed by atoms with Crippen LogP contribution in [0.15, 0.2) is 24.3 Å². The van der Waals surface area contributed by atoms with Gasteiger partial charge in [-0.2, -0.15) is 0 Å². The van der Waals surface area contributed by atoms with Crippen molar-refractivity contribution in [1.29, 1.82) is 0 Å². The van der Waals surface area contributed by atoms with Gasteiger partial charge in [0.05, 0.1) is 12.5 Å². The molecule has 8 heteroatoms. The molecule has 1 rings (SSSR count). The average Bonchev–Trinajstić information content (AvgIpc) is 2.65. The summed E-state index contributed by atoms with van der Waals surface area (Å²) in [4.78, 5) is 65.6. The minimum Gasteiger partial charge on any atom is -0.465 e. The number of esters is 3. The molecule has 1 aliphatic rings. The lowest BCUT2D eigenvalue weighted by molar-refractivity contribution is -0.176. The third-order valence-corrected chi connectivity index (χ3v) is 5.83. The summed E-state index contributed by atoms with van der Waals surface area (Å²) < 4.78 is 16.0. The molecule has 0 spiro atoms. The monoisotopic (exact) mass is 492 g/mol. The molecule has 0 aromatic heterocycles. The second-order valence-corrected chi connectivity index (χ2v) is 11.7. The Morgan fingerprint density at radius 1 is 0.914 bits per heavy atom. The van der Waals surface area contributed by atoms with Crippen molar-refractivity contribution in [3.63, 3.8) is 0 Å². The Hall–Kier alpha value is -2.77. The van der Waals surface area contributed by atoms with E-state index < -0.39 is 57.4 Å². The van der Waals surface area contributed by atoms with Crippen molar-refractivity contribution in [2.45, 2.75) is 92.8 Å². The molecular formula is C27H40O8. The molecule has 1 fully saturated rings. The Morgan fingerprint density at radius 2 is 1.37 bits per heavy atom. The maximum absolute atomic E-state index is 14.0. The van der Waals surface area contributed by atoms with Gasteiger partial charge in [0.25, 0.3) is 0 Å². The zero-order chi connectivity index (χ0) is 27.6. The van der Waals surface area contributed by atoms with Crippen molar-refractivity contribution < 1.29 is 38.2 Å². The highest BCUT2D eigenvalue weighted by Crippen LogP contribution is 2.54. The van der Waals surface area contributed by atoms with E-state index in [2.05, 4.69) is 13.2 Å². The van der Waals surface area contributed by atoms with Crippen molar-refractivity contribution in [3.8, 4) is 0 Å². The van der Waals surface area contributed by atoms with E-state index in [0.29, 0.717) is 0 Å². The third kappa shape index (κ3) is 7.12. The molecule has 1 aliphatic carbocycles. The molecule has 196 valence electrons. The lowest BCUT2D eigenvalue weighted by Crippen LogP contribution is -2.60. The standard InChI is InChI=1S/C27H40O8/c1-12-33-23(32)27(14-17(3)22(31)35-25(7,8)9)20(29)18(19(28)15-26(27,10)11)13-16(2)21(30)34-24(4,5)6/h18H,2-3,12-15H2,1,4-11H3. The molecule has 0 radical (unpaired) electrons. The normalized spacial score (nSPS) is 22.3. The summed E-state index contributed by atoms with van der Waals surface area (Å²) in [6.07, 6.45) is -0.830. The van der Waals surface area contributed by atoms with Crippen LogP contribution in [0.25, 0.3) is 0 Å². The van der Waals surface area contributed by atoms with Crippen LogP contribution in [0, 0.1) is 16.7 Å². The minimum absolute atomic E-state index is 0.00785. The zero-order valence-electron chi connectivity index (χ0n) is 22.6. The maximum atomic E-state index is 14.0. The van der Waals surface area contributed by atoms with Gasteiger partial charge >= 0.3 is 17.9 Å². The van der Waals surface area contributed by atoms with Crippen LogP contribution in [-0.2, 0) is 38.2 Å². The van der Waals surface area contributed by atoms with Crippen molar-refractivity contribution in [2.24, 2.45) is 16.7 Å². The molecule has 2 unspecified atom stereocenters. The lowest BCUT2D eigenvalue weighted by atomic mass is 9.51. The number of rotatable bonds is 8. The Morgan fingerprint density at radius 3 is 1.80 bits per heavy atom. The van der Waals surface area contributed by atoms with Crippen LogP contribution in [0.1, 0.15) is 81.6 Å². The zero-order valence-corrected chi connectivity index (χ0v) is 22.6. The van der Waals surface area contributed by atoms with Gasteiger partial charge < -0.3 is 14.2 Å². The highest BCUT2D eigenvalue weighted by atomic mass is 16.6. The van der Waals surface area contributed by atoms with Gasteiger partial charge in [-0.25, -0.2) is 9.59 Å². The van der Waals surface area contributed by atoms with Gasteiger partial charge in [0.15, 0.2) is 5.78 Å². The lowest BCUT2D eigenvalue weighted by Gasteiger charge is -2.48. The Labute approximate surface area is 208 Å². The number of ether oxygens (including phenoxy) is 3. The molecule has 0 aromatic carbocycles. The fourth-order valence-electron chi connectivity index (χ4n) is 4.15. The molecule has 2 atom stereocenters. The number of hydrogen-bond donors (Lipinski definition) is 0. The van der Waals surface area contributed by atoms with Gasteiger partial charge in [-0.1, -0.05) is 27.0 Å².